The van der Waals surface area contributed by atoms with Crippen molar-refractivity contribution in [3.63, 3.8) is 0 Å². The first-order chi connectivity index (χ1) is 9.22. The molecular formula is C19H23ClMg. The molecule has 0 fully saturated rings. The van der Waals surface area contributed by atoms with Crippen LogP contribution in [0, 0.1) is 13.8 Å². The van der Waals surface area contributed by atoms with Gasteiger partial charge < -0.3 is 19.3 Å². The van der Waals surface area contributed by atoms with Crippen molar-refractivity contribution in [2.45, 2.75) is 38.5 Å². The third-order valence-electron chi connectivity index (χ3n) is 3.98. The van der Waals surface area contributed by atoms with Crippen LogP contribution in [0.25, 0.3) is 0 Å². The number of benzene rings is 2. The smallest absolute Gasteiger partial charge is 1.00 e. The number of halogens is 1. The molecule has 0 bridgehead atoms. The summed E-state index contributed by atoms with van der Waals surface area (Å²) in [7, 11) is 0. The van der Waals surface area contributed by atoms with Gasteiger partial charge in [-0.25, -0.2) is 0 Å². The molecule has 21 heavy (non-hydrogen) atoms. The minimum Gasteiger partial charge on any atom is -1.00 e. The molecule has 0 aliphatic heterocycles. The Hall–Kier alpha value is -0.504. The summed E-state index contributed by atoms with van der Waals surface area (Å²) in [6.45, 7) is 8.67. The van der Waals surface area contributed by atoms with Crippen LogP contribution in [-0.4, -0.2) is 23.1 Å². The van der Waals surface area contributed by atoms with Crippen LogP contribution in [-0.2, 0) is 0 Å². The van der Waals surface area contributed by atoms with Crippen molar-refractivity contribution in [1.82, 2.24) is 0 Å². The zero-order valence-electron chi connectivity index (χ0n) is 13.1. The van der Waals surface area contributed by atoms with Crippen molar-refractivity contribution < 1.29 is 12.4 Å². The Morgan fingerprint density at radius 1 is 0.952 bits per heavy atom. The molecule has 108 valence electrons. The van der Waals surface area contributed by atoms with Gasteiger partial charge >= 0.3 is 23.1 Å². The topological polar surface area (TPSA) is 0 Å². The van der Waals surface area contributed by atoms with Gasteiger partial charge in [-0.15, -0.1) is 0 Å². The van der Waals surface area contributed by atoms with Crippen LogP contribution in [0.3, 0.4) is 0 Å². The van der Waals surface area contributed by atoms with E-state index in [1.54, 1.807) is 0 Å². The third-order valence-corrected chi connectivity index (χ3v) is 3.98. The molecule has 2 unspecified atom stereocenters. The second-order valence-corrected chi connectivity index (χ2v) is 5.39. The summed E-state index contributed by atoms with van der Waals surface area (Å²) in [5, 5.41) is 0. The van der Waals surface area contributed by atoms with E-state index in [2.05, 4.69) is 75.4 Å². The van der Waals surface area contributed by atoms with Gasteiger partial charge in [0.2, 0.25) is 0 Å². The Bertz CT molecular complexity index is 510. The number of hydrogen-bond acceptors (Lipinski definition) is 0. The molecule has 0 nitrogen and oxygen atoms in total. The SMILES string of the molecule is [CH2-]CC(CC(C)c1ccccc1)c1ccccc1C.[Cl-].[Mg+2]. The molecule has 0 radical (unpaired) electrons. The molecule has 2 rings (SSSR count). The van der Waals surface area contributed by atoms with E-state index >= 15 is 0 Å². The van der Waals surface area contributed by atoms with Gasteiger partial charge in [0.25, 0.3) is 0 Å². The molecule has 0 aromatic heterocycles. The summed E-state index contributed by atoms with van der Waals surface area (Å²) in [4.78, 5) is 0. The first kappa shape index (κ1) is 20.5. The summed E-state index contributed by atoms with van der Waals surface area (Å²) in [6.07, 6.45) is 2.13. The van der Waals surface area contributed by atoms with Gasteiger partial charge in [0.05, 0.1) is 0 Å². The van der Waals surface area contributed by atoms with Gasteiger partial charge in [-0.2, -0.15) is 6.42 Å². The van der Waals surface area contributed by atoms with E-state index in [1.165, 1.54) is 23.1 Å². The minimum atomic E-state index is 0. The summed E-state index contributed by atoms with van der Waals surface area (Å²) >= 11 is 0. The zero-order chi connectivity index (χ0) is 13.7. The molecule has 2 atom stereocenters. The molecule has 0 aliphatic rings. The van der Waals surface area contributed by atoms with Crippen LogP contribution < -0.4 is 12.4 Å². The van der Waals surface area contributed by atoms with Crippen LogP contribution in [0.1, 0.15) is 48.3 Å². The maximum Gasteiger partial charge on any atom is 2.00 e. The predicted molar refractivity (Wildman–Crippen MR) is 89.1 cm³/mol. The van der Waals surface area contributed by atoms with E-state index in [4.69, 9.17) is 0 Å². The fraction of sp³-hybridized carbons (Fsp3) is 0.316. The second-order valence-electron chi connectivity index (χ2n) is 5.39. The van der Waals surface area contributed by atoms with Gasteiger partial charge in [-0.05, 0) is 41.9 Å². The maximum atomic E-state index is 4.15. The van der Waals surface area contributed by atoms with E-state index in [0.29, 0.717) is 11.8 Å². The molecule has 0 spiro atoms. The molecule has 2 aromatic carbocycles. The summed E-state index contributed by atoms with van der Waals surface area (Å²) < 4.78 is 0. The van der Waals surface area contributed by atoms with Crippen molar-refractivity contribution in [2.75, 3.05) is 0 Å². The zero-order valence-corrected chi connectivity index (χ0v) is 15.2. The van der Waals surface area contributed by atoms with Gasteiger partial charge in [0, 0.05) is 0 Å². The normalized spacial score (nSPS) is 12.7. The van der Waals surface area contributed by atoms with E-state index < -0.39 is 0 Å². The number of rotatable bonds is 5. The molecule has 2 aromatic rings. The largest absolute Gasteiger partial charge is 2.00 e. The Balaban J connectivity index is 0.00000200. The minimum absolute atomic E-state index is 0. The Morgan fingerprint density at radius 2 is 1.52 bits per heavy atom. The fourth-order valence-electron chi connectivity index (χ4n) is 2.79. The molecule has 0 heterocycles. The van der Waals surface area contributed by atoms with E-state index in [0.717, 1.165) is 6.42 Å². The quantitative estimate of drug-likeness (QED) is 0.586. The molecule has 0 aliphatic carbocycles. The van der Waals surface area contributed by atoms with Crippen molar-refractivity contribution in [3.05, 3.63) is 78.2 Å². The molecule has 0 saturated heterocycles. The summed E-state index contributed by atoms with van der Waals surface area (Å²) in [6, 6.07) is 19.5. The van der Waals surface area contributed by atoms with Crippen molar-refractivity contribution in [2.24, 2.45) is 0 Å². The average Bonchev–Trinajstić information content (AvgIpc) is 2.46. The van der Waals surface area contributed by atoms with Gasteiger partial charge in [0.15, 0.2) is 0 Å². The second kappa shape index (κ2) is 10.3. The van der Waals surface area contributed by atoms with Crippen molar-refractivity contribution >= 4 is 23.1 Å². The monoisotopic (exact) mass is 310 g/mol. The standard InChI is InChI=1S/C19H23.ClH.Mg/c1-4-17(19-13-9-8-10-15(19)2)14-16(3)18-11-6-5-7-12-18;;/h5-13,16-17H,1,4,14H2,2-3H3;1H;/q-1;;+2/p-1. The van der Waals surface area contributed by atoms with E-state index in [1.807, 2.05) is 0 Å². The van der Waals surface area contributed by atoms with Crippen molar-refractivity contribution in [1.29, 1.82) is 0 Å². The molecule has 0 N–H and O–H groups in total. The van der Waals surface area contributed by atoms with Gasteiger partial charge in [-0.1, -0.05) is 61.5 Å². The van der Waals surface area contributed by atoms with E-state index in [-0.39, 0.29) is 35.5 Å². The van der Waals surface area contributed by atoms with Crippen LogP contribution in [0.5, 0.6) is 0 Å². The Labute approximate surface area is 151 Å². The Kier molecular flexibility index (Phi) is 10.0. The van der Waals surface area contributed by atoms with E-state index in [9.17, 15) is 0 Å². The number of hydrogen-bond donors (Lipinski definition) is 0. The number of aryl methyl sites for hydroxylation is 1. The van der Waals surface area contributed by atoms with Crippen LogP contribution in [0.15, 0.2) is 54.6 Å². The summed E-state index contributed by atoms with van der Waals surface area (Å²) in [5.41, 5.74) is 4.27. The Morgan fingerprint density at radius 3 is 2.10 bits per heavy atom. The third kappa shape index (κ3) is 5.65. The fourth-order valence-corrected chi connectivity index (χ4v) is 2.79. The predicted octanol–water partition coefficient (Wildman–Crippen LogP) is 2.12. The van der Waals surface area contributed by atoms with Crippen LogP contribution >= 0.6 is 0 Å². The molecular weight excluding hydrogens is 288 g/mol. The van der Waals surface area contributed by atoms with Gasteiger partial charge in [0.1, 0.15) is 0 Å². The molecule has 0 saturated carbocycles. The summed E-state index contributed by atoms with van der Waals surface area (Å²) in [5.74, 6) is 1.13. The average molecular weight is 311 g/mol. The van der Waals surface area contributed by atoms with Crippen LogP contribution in [0.4, 0.5) is 0 Å². The van der Waals surface area contributed by atoms with Crippen molar-refractivity contribution in [3.8, 4) is 0 Å². The maximum absolute atomic E-state index is 4.15. The van der Waals surface area contributed by atoms with Gasteiger partial charge in [-0.3, -0.25) is 0 Å². The molecule has 2 heteroatoms. The first-order valence-corrected chi connectivity index (χ1v) is 7.12. The first-order valence-electron chi connectivity index (χ1n) is 7.12. The molecule has 0 amide bonds. The van der Waals surface area contributed by atoms with Crippen LogP contribution in [0.2, 0.25) is 0 Å².